The second-order valence-electron chi connectivity index (χ2n) is 6.53. The van der Waals surface area contributed by atoms with Crippen LogP contribution in [0.1, 0.15) is 23.6 Å². The van der Waals surface area contributed by atoms with E-state index in [1.165, 1.54) is 24.3 Å². The Hall–Kier alpha value is -2.50. The van der Waals surface area contributed by atoms with Crippen LogP contribution in [0.4, 0.5) is 23.2 Å². The highest BCUT2D eigenvalue weighted by Crippen LogP contribution is 2.35. The number of alkyl halides is 3. The van der Waals surface area contributed by atoms with E-state index >= 15 is 0 Å². The van der Waals surface area contributed by atoms with Crippen LogP contribution in [0, 0.1) is 5.82 Å². The number of anilines is 1. The lowest BCUT2D eigenvalue weighted by Gasteiger charge is -2.36. The van der Waals surface area contributed by atoms with Gasteiger partial charge in [-0.05, 0) is 36.2 Å². The van der Waals surface area contributed by atoms with Gasteiger partial charge in [-0.15, -0.1) is 0 Å². The number of likely N-dealkylation sites (N-methyl/N-ethyl adjacent to an activating group) is 1. The molecule has 0 saturated carbocycles. The van der Waals surface area contributed by atoms with Crippen molar-refractivity contribution < 1.29 is 30.8 Å². The average molecular weight is 431 g/mol. The number of amides is 1. The third-order valence-electron chi connectivity index (χ3n) is 4.63. The Morgan fingerprint density at radius 3 is 2.38 bits per heavy atom. The molecule has 1 fully saturated rings. The molecular weight excluding hydrogens is 414 g/mol. The van der Waals surface area contributed by atoms with Crippen LogP contribution < -0.4 is 10.0 Å². The fourth-order valence-corrected chi connectivity index (χ4v) is 4.35. The molecule has 2 atom stereocenters. The molecule has 1 heterocycles. The highest BCUT2D eigenvalue weighted by molar-refractivity contribution is 7.87. The van der Waals surface area contributed by atoms with Gasteiger partial charge >= 0.3 is 6.18 Å². The van der Waals surface area contributed by atoms with Crippen molar-refractivity contribution in [1.82, 2.24) is 9.03 Å². The predicted octanol–water partition coefficient (Wildman–Crippen LogP) is 3.06. The summed E-state index contributed by atoms with van der Waals surface area (Å²) in [6, 6.07) is 7.37. The molecule has 2 aromatic rings. The minimum absolute atomic E-state index is 0.0542. The lowest BCUT2D eigenvalue weighted by atomic mass is 9.99. The largest absolute Gasteiger partial charge is 0.418 e. The topological polar surface area (TPSA) is 78.5 Å². The predicted molar refractivity (Wildman–Crippen MR) is 97.4 cm³/mol. The van der Waals surface area contributed by atoms with E-state index in [1.807, 2.05) is 0 Å². The maximum absolute atomic E-state index is 13.2. The lowest BCUT2D eigenvalue weighted by molar-refractivity contribution is -0.137. The van der Waals surface area contributed by atoms with Crippen LogP contribution in [0.3, 0.4) is 0 Å². The number of hydrogen-bond acceptors (Lipinski definition) is 3. The molecule has 11 heteroatoms. The monoisotopic (exact) mass is 431 g/mol. The molecule has 0 spiro atoms. The molecule has 1 saturated heterocycles. The average Bonchev–Trinajstić information content (AvgIpc) is 2.64. The van der Waals surface area contributed by atoms with E-state index in [0.717, 1.165) is 35.6 Å². The second-order valence-corrected chi connectivity index (χ2v) is 8.29. The molecule has 2 aromatic carbocycles. The van der Waals surface area contributed by atoms with Gasteiger partial charge in [-0.1, -0.05) is 24.3 Å². The number of para-hydroxylation sites is 1. The molecule has 29 heavy (non-hydrogen) atoms. The van der Waals surface area contributed by atoms with Crippen molar-refractivity contribution in [3.05, 3.63) is 65.5 Å². The van der Waals surface area contributed by atoms with Gasteiger partial charge in [0.1, 0.15) is 11.9 Å². The van der Waals surface area contributed by atoms with Crippen LogP contribution >= 0.6 is 0 Å². The highest BCUT2D eigenvalue weighted by atomic mass is 32.2. The van der Waals surface area contributed by atoms with Gasteiger partial charge in [-0.2, -0.15) is 30.6 Å². The first-order valence-corrected chi connectivity index (χ1v) is 9.91. The first-order chi connectivity index (χ1) is 13.5. The standard InChI is InChI=1S/C18H17F4N3O3S/c1-25-16(17(26)23-14-5-3-2-4-13(14)18(20,21)22)10-15(24-29(25,27)28)11-6-8-12(19)9-7-11/h2-9,15-16,24H,10H2,1H3,(H,23,26)/t15-,16+/m1/s1. The summed E-state index contributed by atoms with van der Waals surface area (Å²) in [6.07, 6.45) is -4.74. The maximum atomic E-state index is 13.2. The molecule has 1 aliphatic heterocycles. The number of rotatable bonds is 3. The summed E-state index contributed by atoms with van der Waals surface area (Å²) in [4.78, 5) is 12.7. The summed E-state index contributed by atoms with van der Waals surface area (Å²) in [5.74, 6) is -1.41. The molecule has 156 valence electrons. The Bertz CT molecular complexity index is 1010. The van der Waals surface area contributed by atoms with Crippen molar-refractivity contribution in [1.29, 1.82) is 0 Å². The van der Waals surface area contributed by atoms with Crippen LogP contribution in [-0.4, -0.2) is 31.7 Å². The van der Waals surface area contributed by atoms with Crippen molar-refractivity contribution >= 4 is 21.8 Å². The maximum Gasteiger partial charge on any atom is 0.418 e. The quantitative estimate of drug-likeness (QED) is 0.734. The molecule has 1 amide bonds. The van der Waals surface area contributed by atoms with Gasteiger partial charge < -0.3 is 5.32 Å². The van der Waals surface area contributed by atoms with Crippen LogP contribution in [0.2, 0.25) is 0 Å². The van der Waals surface area contributed by atoms with E-state index in [2.05, 4.69) is 10.0 Å². The summed E-state index contributed by atoms with van der Waals surface area (Å²) in [5, 5.41) is 2.18. The van der Waals surface area contributed by atoms with Crippen LogP contribution in [0.25, 0.3) is 0 Å². The first-order valence-electron chi connectivity index (χ1n) is 8.47. The first kappa shape index (κ1) is 21.2. The minimum Gasteiger partial charge on any atom is -0.324 e. The Balaban J connectivity index is 1.88. The summed E-state index contributed by atoms with van der Waals surface area (Å²) in [5.41, 5.74) is -1.08. The zero-order chi connectivity index (χ0) is 21.4. The van der Waals surface area contributed by atoms with Gasteiger partial charge in [0, 0.05) is 13.1 Å². The molecule has 1 aliphatic rings. The van der Waals surface area contributed by atoms with Gasteiger partial charge in [0.25, 0.3) is 10.2 Å². The molecule has 0 radical (unpaired) electrons. The molecule has 3 rings (SSSR count). The Morgan fingerprint density at radius 1 is 1.14 bits per heavy atom. The van der Waals surface area contributed by atoms with Crippen molar-refractivity contribution in [2.75, 3.05) is 12.4 Å². The molecule has 0 unspecified atom stereocenters. The van der Waals surface area contributed by atoms with E-state index < -0.39 is 51.4 Å². The summed E-state index contributed by atoms with van der Waals surface area (Å²) >= 11 is 0. The zero-order valence-electron chi connectivity index (χ0n) is 15.1. The van der Waals surface area contributed by atoms with Crippen LogP contribution in [0.15, 0.2) is 48.5 Å². The van der Waals surface area contributed by atoms with Crippen molar-refractivity contribution in [3.63, 3.8) is 0 Å². The Labute approximate surface area is 164 Å². The molecule has 6 nitrogen and oxygen atoms in total. The van der Waals surface area contributed by atoms with E-state index in [0.29, 0.717) is 5.56 Å². The second kappa shape index (κ2) is 7.73. The number of carbonyl (C=O) groups is 1. The summed E-state index contributed by atoms with van der Waals surface area (Å²) in [6.45, 7) is 0. The Morgan fingerprint density at radius 2 is 1.76 bits per heavy atom. The van der Waals surface area contributed by atoms with Crippen LogP contribution in [0.5, 0.6) is 0 Å². The fourth-order valence-electron chi connectivity index (χ4n) is 3.08. The van der Waals surface area contributed by atoms with E-state index in [9.17, 15) is 30.8 Å². The van der Waals surface area contributed by atoms with Crippen LogP contribution in [-0.2, 0) is 21.2 Å². The minimum atomic E-state index is -4.69. The van der Waals surface area contributed by atoms with Crippen molar-refractivity contribution in [2.45, 2.75) is 24.7 Å². The SMILES string of the molecule is CN1[C@H](C(=O)Nc2ccccc2C(F)(F)F)C[C@H](c2ccc(F)cc2)NS1(=O)=O. The lowest BCUT2D eigenvalue weighted by Crippen LogP contribution is -2.56. The van der Waals surface area contributed by atoms with Crippen molar-refractivity contribution in [2.24, 2.45) is 0 Å². The normalized spacial score (nSPS) is 22.2. The number of carbonyl (C=O) groups excluding carboxylic acids is 1. The molecule has 0 aromatic heterocycles. The number of halogens is 4. The van der Waals surface area contributed by atoms with E-state index in [4.69, 9.17) is 0 Å². The molecule has 2 N–H and O–H groups in total. The van der Waals surface area contributed by atoms with E-state index in [1.54, 1.807) is 0 Å². The number of hydrogen-bond donors (Lipinski definition) is 2. The molecular formula is C18H17F4N3O3S. The van der Waals surface area contributed by atoms with Gasteiger partial charge in [0.05, 0.1) is 11.3 Å². The van der Waals surface area contributed by atoms with Gasteiger partial charge in [-0.3, -0.25) is 4.79 Å². The number of benzene rings is 2. The molecule has 0 bridgehead atoms. The van der Waals surface area contributed by atoms with Crippen molar-refractivity contribution in [3.8, 4) is 0 Å². The van der Waals surface area contributed by atoms with Gasteiger partial charge in [0.15, 0.2) is 0 Å². The smallest absolute Gasteiger partial charge is 0.324 e. The zero-order valence-corrected chi connectivity index (χ0v) is 15.9. The van der Waals surface area contributed by atoms with Gasteiger partial charge in [0.2, 0.25) is 5.91 Å². The summed E-state index contributed by atoms with van der Waals surface area (Å²) in [7, 11) is -2.93. The fraction of sp³-hybridized carbons (Fsp3) is 0.278. The molecule has 0 aliphatic carbocycles. The summed E-state index contributed by atoms with van der Waals surface area (Å²) < 4.78 is 80.6. The highest BCUT2D eigenvalue weighted by Gasteiger charge is 2.41. The number of nitrogens with zero attached hydrogens (tertiary/aromatic N) is 1. The Kier molecular flexibility index (Phi) is 5.65. The van der Waals surface area contributed by atoms with E-state index in [-0.39, 0.29) is 6.42 Å². The van der Waals surface area contributed by atoms with Gasteiger partial charge in [-0.25, -0.2) is 4.39 Å². The third kappa shape index (κ3) is 4.57. The third-order valence-corrected chi connectivity index (χ3v) is 6.23. The number of nitrogens with one attached hydrogen (secondary N) is 2.